The Labute approximate surface area is 131 Å². The number of carbonyl (C=O) groups excluding carboxylic acids is 1. The lowest BCUT2D eigenvalue weighted by molar-refractivity contribution is -0.139. The average molecular weight is 358 g/mol. The number of esters is 1. The van der Waals surface area contributed by atoms with Crippen molar-refractivity contribution in [3.8, 4) is 0 Å². The highest BCUT2D eigenvalue weighted by atomic mass is 32.2. The van der Waals surface area contributed by atoms with Gasteiger partial charge in [-0.15, -0.1) is 0 Å². The number of sulfonamides is 2. The predicted octanol–water partition coefficient (Wildman–Crippen LogP) is -1.72. The third-order valence-electron chi connectivity index (χ3n) is 2.39. The van der Waals surface area contributed by atoms with Gasteiger partial charge in [0.25, 0.3) is 0 Å². The van der Waals surface area contributed by atoms with Crippen molar-refractivity contribution in [1.29, 1.82) is 0 Å². The van der Waals surface area contributed by atoms with Crippen LogP contribution >= 0.6 is 0 Å². The summed E-state index contributed by atoms with van der Waals surface area (Å²) in [5.41, 5.74) is 0.184. The van der Waals surface area contributed by atoms with Crippen LogP contribution in [0.5, 0.6) is 0 Å². The van der Waals surface area contributed by atoms with Crippen molar-refractivity contribution in [3.63, 3.8) is 0 Å². The minimum absolute atomic E-state index is 0.159. The maximum absolute atomic E-state index is 11.6. The number of hydrogen-bond acceptors (Lipinski definition) is 7. The summed E-state index contributed by atoms with van der Waals surface area (Å²) in [5.74, 6) is -0.646. The summed E-state index contributed by atoms with van der Waals surface area (Å²) in [6.45, 7) is 3.83. The van der Waals surface area contributed by atoms with Gasteiger partial charge >= 0.3 is 5.97 Å². The van der Waals surface area contributed by atoms with Gasteiger partial charge in [0.1, 0.15) is 6.61 Å². The zero-order chi connectivity index (χ0) is 17.6. The van der Waals surface area contributed by atoms with E-state index in [0.29, 0.717) is 0 Å². The molecular formula is C11H22N2O7S2. The number of rotatable bonds is 10. The van der Waals surface area contributed by atoms with Gasteiger partial charge < -0.3 is 9.84 Å². The maximum atomic E-state index is 11.6. The van der Waals surface area contributed by atoms with E-state index in [2.05, 4.69) is 11.3 Å². The number of aliphatic hydroxyl groups is 1. The van der Waals surface area contributed by atoms with E-state index in [0.717, 1.165) is 16.8 Å². The summed E-state index contributed by atoms with van der Waals surface area (Å²) in [7, 11) is -7.13. The van der Waals surface area contributed by atoms with E-state index < -0.39 is 32.1 Å². The largest absolute Gasteiger partial charge is 0.461 e. The molecule has 0 heterocycles. The highest BCUT2D eigenvalue weighted by molar-refractivity contribution is 7.88. The summed E-state index contributed by atoms with van der Waals surface area (Å²) in [6, 6.07) is 0. The van der Waals surface area contributed by atoms with E-state index in [1.54, 1.807) is 0 Å². The molecular weight excluding hydrogens is 336 g/mol. The molecule has 2 N–H and O–H groups in total. The van der Waals surface area contributed by atoms with Crippen molar-refractivity contribution < 1.29 is 31.5 Å². The van der Waals surface area contributed by atoms with Crippen molar-refractivity contribution in [2.75, 3.05) is 38.8 Å². The second-order valence-electron chi connectivity index (χ2n) is 4.81. The van der Waals surface area contributed by atoms with Crippen molar-refractivity contribution in [3.05, 3.63) is 12.2 Å². The van der Waals surface area contributed by atoms with Gasteiger partial charge in [0.05, 0.1) is 18.6 Å². The quantitative estimate of drug-likeness (QED) is 0.351. The summed E-state index contributed by atoms with van der Waals surface area (Å²) in [6.07, 6.45) is 0.622. The van der Waals surface area contributed by atoms with Crippen LogP contribution in [0.3, 0.4) is 0 Å². The number of hydrogen-bond donors (Lipinski definition) is 2. The molecule has 0 fully saturated rings. The van der Waals surface area contributed by atoms with E-state index >= 15 is 0 Å². The SMILES string of the molecule is C=C(C)C(=O)OCCN(CC(O)CNS(C)(=O)=O)S(C)(=O)=O. The van der Waals surface area contributed by atoms with E-state index in [1.807, 2.05) is 0 Å². The van der Waals surface area contributed by atoms with Crippen molar-refractivity contribution in [2.24, 2.45) is 0 Å². The van der Waals surface area contributed by atoms with E-state index in [-0.39, 0.29) is 31.8 Å². The Balaban J connectivity index is 4.54. The second kappa shape index (κ2) is 8.58. The topological polar surface area (TPSA) is 130 Å². The smallest absolute Gasteiger partial charge is 0.333 e. The minimum Gasteiger partial charge on any atom is -0.461 e. The Morgan fingerprint density at radius 1 is 1.32 bits per heavy atom. The molecule has 0 aromatic carbocycles. The van der Waals surface area contributed by atoms with Gasteiger partial charge in [-0.1, -0.05) is 6.58 Å². The van der Waals surface area contributed by atoms with Crippen LogP contribution in [0.4, 0.5) is 0 Å². The lowest BCUT2D eigenvalue weighted by Crippen LogP contribution is -2.43. The van der Waals surface area contributed by atoms with Gasteiger partial charge in [-0.3, -0.25) is 0 Å². The average Bonchev–Trinajstić information content (AvgIpc) is 2.32. The first-order valence-electron chi connectivity index (χ1n) is 6.23. The first-order valence-corrected chi connectivity index (χ1v) is 9.97. The standard InChI is InChI=1S/C11H22N2O7S2/c1-9(2)11(15)20-6-5-13(22(4,18)19)8-10(14)7-12-21(3,16)17/h10,12,14H,1,5-8H2,2-4H3. The molecule has 0 aliphatic carbocycles. The number of carbonyl (C=O) groups is 1. The zero-order valence-corrected chi connectivity index (χ0v) is 14.4. The molecule has 11 heteroatoms. The highest BCUT2D eigenvalue weighted by Gasteiger charge is 2.21. The van der Waals surface area contributed by atoms with Crippen LogP contribution in [0.2, 0.25) is 0 Å². The lowest BCUT2D eigenvalue weighted by Gasteiger charge is -2.22. The Morgan fingerprint density at radius 3 is 2.27 bits per heavy atom. The van der Waals surface area contributed by atoms with Crippen LogP contribution in [0.1, 0.15) is 6.92 Å². The molecule has 0 radical (unpaired) electrons. The summed E-state index contributed by atoms with van der Waals surface area (Å²) < 4.78 is 52.8. The summed E-state index contributed by atoms with van der Waals surface area (Å²) in [5, 5.41) is 9.69. The second-order valence-corrected chi connectivity index (χ2v) is 8.63. The Bertz CT molecular complexity index is 598. The normalized spacial score (nSPS) is 13.9. The van der Waals surface area contributed by atoms with Crippen LogP contribution in [-0.4, -0.2) is 77.1 Å². The predicted molar refractivity (Wildman–Crippen MR) is 81.0 cm³/mol. The van der Waals surface area contributed by atoms with Crippen LogP contribution < -0.4 is 4.72 Å². The third-order valence-corrected chi connectivity index (χ3v) is 4.35. The number of nitrogens with zero attached hydrogens (tertiary/aromatic N) is 1. The lowest BCUT2D eigenvalue weighted by atomic mass is 10.3. The molecule has 0 bridgehead atoms. The first-order chi connectivity index (χ1) is 9.83. The van der Waals surface area contributed by atoms with Gasteiger partial charge in [-0.25, -0.2) is 26.4 Å². The van der Waals surface area contributed by atoms with Gasteiger partial charge in [-0.05, 0) is 6.92 Å². The third kappa shape index (κ3) is 9.84. The molecule has 0 aliphatic rings. The molecule has 0 aliphatic heterocycles. The molecule has 1 unspecified atom stereocenters. The van der Waals surface area contributed by atoms with Gasteiger partial charge in [0.2, 0.25) is 20.0 Å². The number of aliphatic hydroxyl groups excluding tert-OH is 1. The maximum Gasteiger partial charge on any atom is 0.333 e. The van der Waals surface area contributed by atoms with Crippen LogP contribution in [-0.2, 0) is 29.6 Å². The molecule has 0 aromatic heterocycles. The summed E-state index contributed by atoms with van der Waals surface area (Å²) in [4.78, 5) is 11.2. The van der Waals surface area contributed by atoms with Crippen molar-refractivity contribution >= 4 is 26.0 Å². The monoisotopic (exact) mass is 358 g/mol. The van der Waals surface area contributed by atoms with E-state index in [4.69, 9.17) is 4.74 Å². The fraction of sp³-hybridized carbons (Fsp3) is 0.727. The highest BCUT2D eigenvalue weighted by Crippen LogP contribution is 2.01. The zero-order valence-electron chi connectivity index (χ0n) is 12.8. The molecule has 22 heavy (non-hydrogen) atoms. The van der Waals surface area contributed by atoms with Crippen LogP contribution in [0.15, 0.2) is 12.2 Å². The Hall–Kier alpha value is -1.01. The molecule has 0 rings (SSSR count). The molecule has 1 atom stereocenters. The Kier molecular flexibility index (Phi) is 8.18. The molecule has 0 saturated heterocycles. The van der Waals surface area contributed by atoms with Crippen molar-refractivity contribution in [2.45, 2.75) is 13.0 Å². The molecule has 9 nitrogen and oxygen atoms in total. The minimum atomic E-state index is -3.65. The van der Waals surface area contributed by atoms with Gasteiger partial charge in [0.15, 0.2) is 0 Å². The molecule has 0 aromatic rings. The van der Waals surface area contributed by atoms with Crippen LogP contribution in [0, 0.1) is 0 Å². The van der Waals surface area contributed by atoms with Gasteiger partial charge in [0, 0.05) is 25.2 Å². The summed E-state index contributed by atoms with van der Waals surface area (Å²) >= 11 is 0. The molecule has 0 spiro atoms. The molecule has 0 saturated carbocycles. The van der Waals surface area contributed by atoms with E-state index in [9.17, 15) is 26.7 Å². The first kappa shape index (κ1) is 21.0. The van der Waals surface area contributed by atoms with Crippen molar-refractivity contribution in [1.82, 2.24) is 9.03 Å². The Morgan fingerprint density at radius 2 is 1.86 bits per heavy atom. The molecule has 0 amide bonds. The van der Waals surface area contributed by atoms with Crippen LogP contribution in [0.25, 0.3) is 0 Å². The number of ether oxygens (including phenoxy) is 1. The fourth-order valence-electron chi connectivity index (χ4n) is 1.30. The van der Waals surface area contributed by atoms with E-state index in [1.165, 1.54) is 6.92 Å². The fourth-order valence-corrected chi connectivity index (χ4v) is 2.65. The number of nitrogens with one attached hydrogen (secondary N) is 1. The molecule has 130 valence electrons. The van der Waals surface area contributed by atoms with Gasteiger partial charge in [-0.2, -0.15) is 4.31 Å².